The van der Waals surface area contributed by atoms with Gasteiger partial charge in [0.2, 0.25) is 0 Å². The van der Waals surface area contributed by atoms with Crippen LogP contribution in [0.3, 0.4) is 0 Å². The summed E-state index contributed by atoms with van der Waals surface area (Å²) in [4.78, 5) is 40.4. The van der Waals surface area contributed by atoms with Crippen LogP contribution in [0.2, 0.25) is 0 Å². The van der Waals surface area contributed by atoms with Crippen molar-refractivity contribution in [2.45, 2.75) is 12.5 Å². The molecule has 4 N–H and O–H groups in total. The molecule has 0 bridgehead atoms. The molecule has 1 unspecified atom stereocenters. The van der Waals surface area contributed by atoms with Crippen molar-refractivity contribution in [3.63, 3.8) is 0 Å². The molecule has 2 aromatic heterocycles. The van der Waals surface area contributed by atoms with Crippen LogP contribution in [0.25, 0.3) is 33.3 Å². The molecule has 1 amide bonds. The number of fused-ring (bicyclic) bond motifs is 2. The van der Waals surface area contributed by atoms with Crippen molar-refractivity contribution in [2.24, 2.45) is 0 Å². The number of hydrogen-bond donors (Lipinski definition) is 3. The van der Waals surface area contributed by atoms with Crippen LogP contribution in [0.1, 0.15) is 16.8 Å². The average Bonchev–Trinajstić information content (AvgIpc) is 3.38. The summed E-state index contributed by atoms with van der Waals surface area (Å²) in [5.74, 6) is 0.352. The molecule has 1 aliphatic rings. The fourth-order valence-electron chi connectivity index (χ4n) is 4.36. The summed E-state index contributed by atoms with van der Waals surface area (Å²) in [6, 6.07) is 13.0. The zero-order valence-corrected chi connectivity index (χ0v) is 17.5. The molecule has 4 aromatic rings. The molecule has 8 nitrogen and oxygen atoms in total. The SMILES string of the molecule is CN1CCC(N(C)C(=O)c2ccc3[nH]c(-c4c(N)c5ccccc5[nH]c4=O)nc3c2)C1. The Morgan fingerprint density at radius 2 is 2.00 bits per heavy atom. The van der Waals surface area contributed by atoms with Gasteiger partial charge in [0.1, 0.15) is 11.4 Å². The van der Waals surface area contributed by atoms with Crippen molar-refractivity contribution < 1.29 is 4.79 Å². The first-order valence-corrected chi connectivity index (χ1v) is 10.3. The number of likely N-dealkylation sites (N-methyl/N-ethyl adjacent to an activating group) is 2. The number of anilines is 1. The Balaban J connectivity index is 1.53. The number of imidazole rings is 1. The minimum atomic E-state index is -0.309. The molecule has 3 heterocycles. The molecule has 0 saturated carbocycles. The molecule has 2 aromatic carbocycles. The van der Waals surface area contributed by atoms with E-state index in [0.717, 1.165) is 30.4 Å². The second kappa shape index (κ2) is 7.24. The van der Waals surface area contributed by atoms with E-state index in [4.69, 9.17) is 5.73 Å². The van der Waals surface area contributed by atoms with Gasteiger partial charge in [0.15, 0.2) is 0 Å². The lowest BCUT2D eigenvalue weighted by atomic mass is 10.1. The smallest absolute Gasteiger partial charge is 0.261 e. The van der Waals surface area contributed by atoms with Crippen LogP contribution in [-0.4, -0.2) is 63.9 Å². The molecule has 8 heteroatoms. The van der Waals surface area contributed by atoms with Crippen LogP contribution in [0.5, 0.6) is 0 Å². The van der Waals surface area contributed by atoms with Crippen LogP contribution < -0.4 is 11.3 Å². The Bertz CT molecular complexity index is 1370. The van der Waals surface area contributed by atoms with Crippen LogP contribution in [0.4, 0.5) is 5.69 Å². The lowest BCUT2D eigenvalue weighted by Crippen LogP contribution is -2.38. The molecule has 0 radical (unpaired) electrons. The summed E-state index contributed by atoms with van der Waals surface area (Å²) in [5.41, 5.74) is 9.30. The number of hydrogen-bond acceptors (Lipinski definition) is 5. The first kappa shape index (κ1) is 19.3. The van der Waals surface area contributed by atoms with E-state index in [1.165, 1.54) is 0 Å². The topological polar surface area (TPSA) is 111 Å². The van der Waals surface area contributed by atoms with Gasteiger partial charge < -0.3 is 25.5 Å². The highest BCUT2D eigenvalue weighted by atomic mass is 16.2. The Hall–Kier alpha value is -3.65. The normalized spacial score (nSPS) is 16.9. The van der Waals surface area contributed by atoms with E-state index < -0.39 is 0 Å². The van der Waals surface area contributed by atoms with E-state index in [0.29, 0.717) is 33.7 Å². The van der Waals surface area contributed by atoms with Crippen molar-refractivity contribution >= 4 is 33.5 Å². The Labute approximate surface area is 178 Å². The van der Waals surface area contributed by atoms with Gasteiger partial charge >= 0.3 is 0 Å². The maximum atomic E-state index is 13.0. The quantitative estimate of drug-likeness (QED) is 0.475. The monoisotopic (exact) mass is 416 g/mol. The highest BCUT2D eigenvalue weighted by Gasteiger charge is 2.27. The number of aromatic amines is 2. The van der Waals surface area contributed by atoms with Gasteiger partial charge in [-0.2, -0.15) is 0 Å². The molecular formula is C23H24N6O2. The third-order valence-corrected chi connectivity index (χ3v) is 6.16. The molecule has 31 heavy (non-hydrogen) atoms. The predicted molar refractivity (Wildman–Crippen MR) is 122 cm³/mol. The first-order chi connectivity index (χ1) is 14.9. The largest absolute Gasteiger partial charge is 0.397 e. The third kappa shape index (κ3) is 3.25. The highest BCUT2D eigenvalue weighted by molar-refractivity contribution is 5.99. The summed E-state index contributed by atoms with van der Waals surface area (Å²) < 4.78 is 0. The number of pyridine rings is 1. The second-order valence-electron chi connectivity index (χ2n) is 8.23. The van der Waals surface area contributed by atoms with Crippen molar-refractivity contribution in [1.29, 1.82) is 0 Å². The number of nitrogen functional groups attached to an aromatic ring is 1. The zero-order valence-electron chi connectivity index (χ0n) is 17.5. The number of carbonyl (C=O) groups is 1. The minimum absolute atomic E-state index is 0.0326. The number of benzene rings is 2. The fraction of sp³-hybridized carbons (Fsp3) is 0.261. The number of nitrogens with zero attached hydrogens (tertiary/aromatic N) is 3. The highest BCUT2D eigenvalue weighted by Crippen LogP contribution is 2.28. The summed E-state index contributed by atoms with van der Waals surface area (Å²) >= 11 is 0. The third-order valence-electron chi connectivity index (χ3n) is 6.16. The van der Waals surface area contributed by atoms with E-state index in [9.17, 15) is 9.59 Å². The van der Waals surface area contributed by atoms with Gasteiger partial charge in [-0.15, -0.1) is 0 Å². The number of H-pyrrole nitrogens is 2. The van der Waals surface area contributed by atoms with Gasteiger partial charge in [0.05, 0.1) is 22.2 Å². The van der Waals surface area contributed by atoms with Crippen LogP contribution in [-0.2, 0) is 0 Å². The van der Waals surface area contributed by atoms with E-state index in [-0.39, 0.29) is 17.5 Å². The number of likely N-dealkylation sites (tertiary alicyclic amines) is 1. The van der Waals surface area contributed by atoms with Crippen molar-refractivity contribution in [3.05, 3.63) is 58.4 Å². The number of rotatable bonds is 3. The van der Waals surface area contributed by atoms with Crippen LogP contribution in [0.15, 0.2) is 47.3 Å². The van der Waals surface area contributed by atoms with Gasteiger partial charge in [0.25, 0.3) is 11.5 Å². The average molecular weight is 416 g/mol. The summed E-state index contributed by atoms with van der Waals surface area (Å²) in [7, 11) is 3.91. The molecule has 1 atom stereocenters. The van der Waals surface area contributed by atoms with E-state index in [2.05, 4.69) is 26.9 Å². The Morgan fingerprint density at radius 3 is 2.77 bits per heavy atom. The van der Waals surface area contributed by atoms with Crippen molar-refractivity contribution in [1.82, 2.24) is 24.8 Å². The van der Waals surface area contributed by atoms with Crippen molar-refractivity contribution in [3.8, 4) is 11.4 Å². The molecule has 158 valence electrons. The van der Waals surface area contributed by atoms with E-state index in [1.807, 2.05) is 42.3 Å². The van der Waals surface area contributed by atoms with Gasteiger partial charge in [-0.3, -0.25) is 9.59 Å². The van der Waals surface area contributed by atoms with Crippen LogP contribution >= 0.6 is 0 Å². The van der Waals surface area contributed by atoms with E-state index in [1.54, 1.807) is 12.1 Å². The molecule has 0 aliphatic carbocycles. The zero-order chi connectivity index (χ0) is 21.7. The van der Waals surface area contributed by atoms with Gasteiger partial charge in [-0.1, -0.05) is 18.2 Å². The number of nitrogens with one attached hydrogen (secondary N) is 2. The van der Waals surface area contributed by atoms with Gasteiger partial charge in [-0.25, -0.2) is 4.98 Å². The summed E-state index contributed by atoms with van der Waals surface area (Å²) in [6.45, 7) is 1.87. The maximum absolute atomic E-state index is 13.0. The molecule has 1 aliphatic heterocycles. The summed E-state index contributed by atoms with van der Waals surface area (Å²) in [6.07, 6.45) is 0.970. The predicted octanol–water partition coefficient (Wildman–Crippen LogP) is 2.43. The number of carbonyl (C=O) groups excluding carboxylic acids is 1. The number of para-hydroxylation sites is 1. The standard InChI is InChI=1S/C23H24N6O2/c1-28-10-9-14(12-28)29(2)23(31)13-7-8-17-18(11-13)26-21(25-17)19-20(24)15-5-3-4-6-16(15)27-22(19)30/h3-8,11,14H,9-10,12H2,1-2H3,(H,25,26)(H3,24,27,30). The molecule has 5 rings (SSSR count). The lowest BCUT2D eigenvalue weighted by Gasteiger charge is -2.24. The first-order valence-electron chi connectivity index (χ1n) is 10.3. The Kier molecular flexibility index (Phi) is 4.51. The maximum Gasteiger partial charge on any atom is 0.261 e. The minimum Gasteiger partial charge on any atom is -0.397 e. The molecule has 1 saturated heterocycles. The van der Waals surface area contributed by atoms with Crippen LogP contribution in [0, 0.1) is 0 Å². The molecular weight excluding hydrogens is 392 g/mol. The second-order valence-corrected chi connectivity index (χ2v) is 8.23. The fourth-order valence-corrected chi connectivity index (χ4v) is 4.36. The summed E-state index contributed by atoms with van der Waals surface area (Å²) in [5, 5.41) is 0.761. The molecule has 0 spiro atoms. The molecule has 1 fully saturated rings. The number of amides is 1. The Morgan fingerprint density at radius 1 is 1.19 bits per heavy atom. The van der Waals surface area contributed by atoms with Crippen molar-refractivity contribution in [2.75, 3.05) is 32.9 Å². The van der Waals surface area contributed by atoms with Gasteiger partial charge in [-0.05, 0) is 44.3 Å². The number of aromatic nitrogens is 3. The lowest BCUT2D eigenvalue weighted by molar-refractivity contribution is 0.0737. The van der Waals surface area contributed by atoms with Gasteiger partial charge in [0, 0.05) is 30.6 Å². The van der Waals surface area contributed by atoms with E-state index >= 15 is 0 Å². The number of nitrogens with two attached hydrogens (primary N) is 1.